The van der Waals surface area contributed by atoms with Crippen molar-refractivity contribution in [2.24, 2.45) is 0 Å². The van der Waals surface area contributed by atoms with Crippen LogP contribution in [0, 0.1) is 0 Å². The minimum atomic E-state index is -0.174. The maximum absolute atomic E-state index is 13.2. The van der Waals surface area contributed by atoms with E-state index < -0.39 is 0 Å². The molecule has 1 aliphatic rings. The molecule has 0 aliphatic carbocycles. The first kappa shape index (κ1) is 20.7. The number of nitrogens with one attached hydrogen (secondary N) is 1. The summed E-state index contributed by atoms with van der Waals surface area (Å²) in [5.74, 6) is -0.174. The Bertz CT molecular complexity index is 1250. The van der Waals surface area contributed by atoms with Crippen LogP contribution in [-0.2, 0) is 0 Å². The summed E-state index contributed by atoms with van der Waals surface area (Å²) >= 11 is 6.43. The van der Waals surface area contributed by atoms with E-state index in [4.69, 9.17) is 21.7 Å². The van der Waals surface area contributed by atoms with Gasteiger partial charge >= 0.3 is 0 Å². The van der Waals surface area contributed by atoms with Gasteiger partial charge in [-0.15, -0.1) is 0 Å². The first-order valence-corrected chi connectivity index (χ1v) is 11.3. The van der Waals surface area contributed by atoms with Gasteiger partial charge in [0.25, 0.3) is 5.91 Å². The molecule has 0 spiro atoms. The Morgan fingerprint density at radius 2 is 1.72 bits per heavy atom. The monoisotopic (exact) mass is 445 g/mol. The molecule has 1 aliphatic heterocycles. The zero-order valence-corrected chi connectivity index (χ0v) is 18.4. The van der Waals surface area contributed by atoms with E-state index in [1.165, 1.54) is 12.8 Å². The lowest BCUT2D eigenvalue weighted by atomic mass is 10.1. The maximum atomic E-state index is 13.2. The summed E-state index contributed by atoms with van der Waals surface area (Å²) in [4.78, 5) is 20.3. The molecule has 1 saturated heterocycles. The molecule has 1 amide bonds. The van der Waals surface area contributed by atoms with Crippen LogP contribution in [0.25, 0.3) is 28.2 Å². The van der Waals surface area contributed by atoms with Crippen molar-refractivity contribution in [1.82, 2.24) is 24.8 Å². The lowest BCUT2D eigenvalue weighted by Gasteiger charge is -2.15. The Labute approximate surface area is 191 Å². The Morgan fingerprint density at radius 1 is 0.969 bits per heavy atom. The second kappa shape index (κ2) is 9.10. The molecule has 6 nitrogen and oxygen atoms in total. The smallest absolute Gasteiger partial charge is 0.270 e. The van der Waals surface area contributed by atoms with E-state index in [1.807, 2.05) is 60.7 Å². The lowest BCUT2D eigenvalue weighted by Crippen LogP contribution is -2.34. The highest BCUT2D eigenvalue weighted by molar-refractivity contribution is 6.33. The first-order valence-electron chi connectivity index (χ1n) is 10.9. The Hall–Kier alpha value is -3.22. The summed E-state index contributed by atoms with van der Waals surface area (Å²) < 4.78 is 1.62. The molecule has 5 rings (SSSR count). The molecule has 3 heterocycles. The fourth-order valence-corrected chi connectivity index (χ4v) is 4.35. The van der Waals surface area contributed by atoms with Crippen molar-refractivity contribution in [2.75, 3.05) is 26.2 Å². The van der Waals surface area contributed by atoms with Crippen LogP contribution < -0.4 is 5.32 Å². The number of carbonyl (C=O) groups is 1. The minimum absolute atomic E-state index is 0.174. The van der Waals surface area contributed by atoms with E-state index in [0.29, 0.717) is 28.6 Å². The van der Waals surface area contributed by atoms with E-state index in [-0.39, 0.29) is 5.91 Å². The van der Waals surface area contributed by atoms with E-state index in [9.17, 15) is 4.79 Å². The molecule has 0 bridgehead atoms. The predicted molar refractivity (Wildman–Crippen MR) is 127 cm³/mol. The van der Waals surface area contributed by atoms with Crippen molar-refractivity contribution in [3.05, 3.63) is 77.4 Å². The van der Waals surface area contributed by atoms with Crippen molar-refractivity contribution in [2.45, 2.75) is 12.8 Å². The average Bonchev–Trinajstić information content (AvgIpc) is 3.49. The molecule has 0 saturated carbocycles. The average molecular weight is 446 g/mol. The zero-order chi connectivity index (χ0) is 21.9. The molecular weight excluding hydrogens is 422 g/mol. The van der Waals surface area contributed by atoms with E-state index in [1.54, 1.807) is 10.6 Å². The van der Waals surface area contributed by atoms with Crippen LogP contribution in [-0.4, -0.2) is 51.6 Å². The number of hydrogen-bond donors (Lipinski definition) is 1. The summed E-state index contributed by atoms with van der Waals surface area (Å²) in [5.41, 5.74) is 4.20. The normalized spacial score (nSPS) is 14.2. The summed E-state index contributed by atoms with van der Waals surface area (Å²) in [6, 6.07) is 21.1. The number of nitrogens with zero attached hydrogens (tertiary/aromatic N) is 4. The number of rotatable bonds is 6. The highest BCUT2D eigenvalue weighted by Gasteiger charge is 2.18. The quantitative estimate of drug-likeness (QED) is 0.473. The number of carbonyl (C=O) groups excluding carboxylic acids is 1. The van der Waals surface area contributed by atoms with Gasteiger partial charge in [0.2, 0.25) is 0 Å². The number of amides is 1. The van der Waals surface area contributed by atoms with Gasteiger partial charge in [-0.1, -0.05) is 60.1 Å². The van der Waals surface area contributed by atoms with Crippen molar-refractivity contribution in [3.8, 4) is 22.5 Å². The molecule has 0 atom stereocenters. The van der Waals surface area contributed by atoms with Crippen LogP contribution in [0.15, 0.2) is 66.7 Å². The lowest BCUT2D eigenvalue weighted by molar-refractivity contribution is 0.0942. The van der Waals surface area contributed by atoms with Crippen LogP contribution >= 0.6 is 11.6 Å². The van der Waals surface area contributed by atoms with Crippen LogP contribution in [0.2, 0.25) is 5.02 Å². The van der Waals surface area contributed by atoms with Crippen LogP contribution in [0.3, 0.4) is 0 Å². The molecule has 1 fully saturated rings. The van der Waals surface area contributed by atoms with Gasteiger partial charge in [-0.2, -0.15) is 5.10 Å². The van der Waals surface area contributed by atoms with Gasteiger partial charge in [0.15, 0.2) is 5.65 Å². The third-order valence-corrected chi connectivity index (χ3v) is 6.12. The summed E-state index contributed by atoms with van der Waals surface area (Å²) in [6.07, 6.45) is 2.46. The van der Waals surface area contributed by atoms with E-state index >= 15 is 0 Å². The predicted octanol–water partition coefficient (Wildman–Crippen LogP) is 4.54. The molecule has 4 aromatic rings. The standard InChI is InChI=1S/C25H24ClN5O/c26-20-11-5-4-10-19(20)22-16-23(25(32)27-12-15-30-13-6-7-14-30)31-24(28-22)17-21(29-31)18-8-2-1-3-9-18/h1-5,8-11,16-17H,6-7,12-15H2,(H,27,32). The zero-order valence-electron chi connectivity index (χ0n) is 17.7. The molecular formula is C25H24ClN5O. The number of benzene rings is 2. The van der Waals surface area contributed by atoms with Gasteiger partial charge < -0.3 is 10.2 Å². The summed E-state index contributed by atoms with van der Waals surface area (Å²) in [6.45, 7) is 3.65. The molecule has 162 valence electrons. The number of likely N-dealkylation sites (tertiary alicyclic amines) is 1. The minimum Gasteiger partial charge on any atom is -0.349 e. The highest BCUT2D eigenvalue weighted by Crippen LogP contribution is 2.28. The van der Waals surface area contributed by atoms with Gasteiger partial charge in [0.05, 0.1) is 11.4 Å². The number of aromatic nitrogens is 3. The van der Waals surface area contributed by atoms with E-state index in [0.717, 1.165) is 36.5 Å². The maximum Gasteiger partial charge on any atom is 0.270 e. The van der Waals surface area contributed by atoms with Crippen LogP contribution in [0.1, 0.15) is 23.3 Å². The molecule has 2 aromatic heterocycles. The van der Waals surface area contributed by atoms with Gasteiger partial charge in [0, 0.05) is 35.3 Å². The van der Waals surface area contributed by atoms with Crippen molar-refractivity contribution in [1.29, 1.82) is 0 Å². The molecule has 0 radical (unpaired) electrons. The first-order chi connectivity index (χ1) is 15.7. The van der Waals surface area contributed by atoms with Crippen molar-refractivity contribution in [3.63, 3.8) is 0 Å². The Morgan fingerprint density at radius 3 is 2.50 bits per heavy atom. The third kappa shape index (κ3) is 4.24. The van der Waals surface area contributed by atoms with Crippen molar-refractivity contribution < 1.29 is 4.79 Å². The molecule has 2 aromatic carbocycles. The topological polar surface area (TPSA) is 62.5 Å². The summed E-state index contributed by atoms with van der Waals surface area (Å²) in [7, 11) is 0. The molecule has 7 heteroatoms. The SMILES string of the molecule is O=C(NCCN1CCCC1)c1cc(-c2ccccc2Cl)nc2cc(-c3ccccc3)nn12. The largest absolute Gasteiger partial charge is 0.349 e. The molecule has 32 heavy (non-hydrogen) atoms. The fourth-order valence-electron chi connectivity index (χ4n) is 4.12. The number of fused-ring (bicyclic) bond motifs is 1. The second-order valence-electron chi connectivity index (χ2n) is 7.98. The Balaban J connectivity index is 1.53. The van der Waals surface area contributed by atoms with Crippen molar-refractivity contribution >= 4 is 23.2 Å². The summed E-state index contributed by atoms with van der Waals surface area (Å²) in [5, 5.41) is 8.35. The van der Waals surface area contributed by atoms with Crippen LogP contribution in [0.5, 0.6) is 0 Å². The van der Waals surface area contributed by atoms with E-state index in [2.05, 4.69) is 10.2 Å². The molecule has 0 unspecified atom stereocenters. The van der Waals surface area contributed by atoms with Gasteiger partial charge in [-0.25, -0.2) is 9.50 Å². The fraction of sp³-hybridized carbons (Fsp3) is 0.240. The van der Waals surface area contributed by atoms with Gasteiger partial charge in [-0.3, -0.25) is 4.79 Å². The molecule has 1 N–H and O–H groups in total. The third-order valence-electron chi connectivity index (χ3n) is 5.79. The Kier molecular flexibility index (Phi) is 5.88. The number of hydrogen-bond acceptors (Lipinski definition) is 4. The van der Waals surface area contributed by atoms with Crippen LogP contribution in [0.4, 0.5) is 0 Å². The second-order valence-corrected chi connectivity index (χ2v) is 8.38. The number of halogens is 1. The van der Waals surface area contributed by atoms with Gasteiger partial charge in [-0.05, 0) is 38.1 Å². The highest BCUT2D eigenvalue weighted by atomic mass is 35.5. The van der Waals surface area contributed by atoms with Gasteiger partial charge in [0.1, 0.15) is 5.69 Å².